The zero-order valence-electron chi connectivity index (χ0n) is 11.6. The van der Waals surface area contributed by atoms with Gasteiger partial charge in [-0.1, -0.05) is 12.1 Å². The average Bonchev–Trinajstić information content (AvgIpc) is 2.36. The molecule has 1 atom stereocenters. The highest BCUT2D eigenvalue weighted by Crippen LogP contribution is 2.25. The minimum absolute atomic E-state index is 0.163. The van der Waals surface area contributed by atoms with E-state index >= 15 is 0 Å². The lowest BCUT2D eigenvalue weighted by atomic mass is 9.91. The van der Waals surface area contributed by atoms with Crippen LogP contribution in [0.1, 0.15) is 26.3 Å². The number of hydrogen-bond donors (Lipinski definition) is 1. The van der Waals surface area contributed by atoms with Gasteiger partial charge in [-0.2, -0.15) is 0 Å². The first kappa shape index (κ1) is 14.5. The van der Waals surface area contributed by atoms with Gasteiger partial charge in [0.05, 0.1) is 14.2 Å². The molecule has 1 rings (SSSR count). The molecule has 1 unspecified atom stereocenters. The summed E-state index contributed by atoms with van der Waals surface area (Å²) in [5.74, 6) is 0.455. The average molecular weight is 251 g/mol. The van der Waals surface area contributed by atoms with Gasteiger partial charge in [-0.15, -0.1) is 0 Å². The first-order valence-electron chi connectivity index (χ1n) is 5.94. The molecule has 1 aromatic rings. The van der Waals surface area contributed by atoms with Gasteiger partial charge in [0, 0.05) is 6.04 Å². The maximum atomic E-state index is 12.0. The highest BCUT2D eigenvalue weighted by atomic mass is 16.5. The largest absolute Gasteiger partial charge is 0.497 e. The molecule has 0 fully saturated rings. The fourth-order valence-electron chi connectivity index (χ4n) is 1.97. The van der Waals surface area contributed by atoms with Crippen LogP contribution in [0, 0.1) is 0 Å². The van der Waals surface area contributed by atoms with Gasteiger partial charge in [-0.3, -0.25) is 5.32 Å². The molecule has 0 aliphatic carbocycles. The van der Waals surface area contributed by atoms with Crippen LogP contribution in [0.25, 0.3) is 0 Å². The Labute approximate surface area is 108 Å². The Morgan fingerprint density at radius 2 is 1.78 bits per heavy atom. The number of carbonyl (C=O) groups excluding carboxylic acids is 1. The number of benzene rings is 1. The molecule has 0 aliphatic heterocycles. The van der Waals surface area contributed by atoms with E-state index in [1.54, 1.807) is 7.11 Å². The standard InChI is InChI=1S/C14H21NO3/c1-10(2)15-14(3,13(16)18-5)11-6-8-12(17-4)9-7-11/h6-10,15H,1-5H3. The second kappa shape index (κ2) is 5.87. The minimum atomic E-state index is -0.852. The molecule has 0 radical (unpaired) electrons. The predicted molar refractivity (Wildman–Crippen MR) is 70.6 cm³/mol. The van der Waals surface area contributed by atoms with Crippen molar-refractivity contribution in [3.05, 3.63) is 29.8 Å². The van der Waals surface area contributed by atoms with Crippen molar-refractivity contribution in [1.29, 1.82) is 0 Å². The van der Waals surface area contributed by atoms with E-state index in [0.29, 0.717) is 0 Å². The Morgan fingerprint density at radius 1 is 1.22 bits per heavy atom. The molecule has 4 nitrogen and oxygen atoms in total. The first-order valence-corrected chi connectivity index (χ1v) is 5.94. The summed E-state index contributed by atoms with van der Waals surface area (Å²) < 4.78 is 10.0. The van der Waals surface area contributed by atoms with E-state index in [-0.39, 0.29) is 12.0 Å². The third kappa shape index (κ3) is 3.01. The summed E-state index contributed by atoms with van der Waals surface area (Å²) in [6, 6.07) is 7.56. The lowest BCUT2D eigenvalue weighted by Gasteiger charge is -2.30. The molecule has 0 bridgehead atoms. The Kier molecular flexibility index (Phi) is 4.73. The molecule has 1 N–H and O–H groups in total. The zero-order valence-corrected chi connectivity index (χ0v) is 11.6. The van der Waals surface area contributed by atoms with Gasteiger partial charge in [-0.25, -0.2) is 4.79 Å². The molecular formula is C14H21NO3. The normalized spacial score (nSPS) is 14.1. The Hall–Kier alpha value is -1.55. The highest BCUT2D eigenvalue weighted by Gasteiger charge is 2.36. The second-order valence-electron chi connectivity index (χ2n) is 4.64. The molecule has 0 spiro atoms. The number of methoxy groups -OCH3 is 2. The summed E-state index contributed by atoms with van der Waals surface area (Å²) >= 11 is 0. The van der Waals surface area contributed by atoms with Crippen molar-refractivity contribution in [2.45, 2.75) is 32.4 Å². The molecule has 1 aromatic carbocycles. The smallest absolute Gasteiger partial charge is 0.330 e. The summed E-state index contributed by atoms with van der Waals surface area (Å²) in [4.78, 5) is 12.0. The van der Waals surface area contributed by atoms with Gasteiger partial charge in [0.2, 0.25) is 0 Å². The van der Waals surface area contributed by atoms with Gasteiger partial charge in [0.25, 0.3) is 0 Å². The monoisotopic (exact) mass is 251 g/mol. The lowest BCUT2D eigenvalue weighted by Crippen LogP contribution is -2.50. The van der Waals surface area contributed by atoms with Crippen molar-refractivity contribution in [2.24, 2.45) is 0 Å². The van der Waals surface area contributed by atoms with Crippen molar-refractivity contribution < 1.29 is 14.3 Å². The third-order valence-corrected chi connectivity index (χ3v) is 2.84. The quantitative estimate of drug-likeness (QED) is 0.814. The highest BCUT2D eigenvalue weighted by molar-refractivity contribution is 5.82. The molecule has 0 aromatic heterocycles. The SMILES string of the molecule is COC(=O)C(C)(NC(C)C)c1ccc(OC)cc1. The van der Waals surface area contributed by atoms with Gasteiger partial charge in [-0.05, 0) is 38.5 Å². The van der Waals surface area contributed by atoms with Gasteiger partial charge in [0.15, 0.2) is 0 Å². The first-order chi connectivity index (χ1) is 8.43. The van der Waals surface area contributed by atoms with E-state index in [9.17, 15) is 4.79 Å². The Balaban J connectivity index is 3.12. The van der Waals surface area contributed by atoms with Crippen LogP contribution in [0.4, 0.5) is 0 Å². The molecule has 18 heavy (non-hydrogen) atoms. The number of esters is 1. The van der Waals surface area contributed by atoms with Crippen LogP contribution in [0.3, 0.4) is 0 Å². The lowest BCUT2D eigenvalue weighted by molar-refractivity contribution is -0.148. The summed E-state index contributed by atoms with van der Waals surface area (Å²) in [5.41, 5.74) is -0.00121. The fraction of sp³-hybridized carbons (Fsp3) is 0.500. The van der Waals surface area contributed by atoms with Crippen molar-refractivity contribution in [2.75, 3.05) is 14.2 Å². The molecule has 100 valence electrons. The maximum absolute atomic E-state index is 12.0. The number of rotatable bonds is 5. The topological polar surface area (TPSA) is 47.6 Å². The van der Waals surface area contributed by atoms with Crippen LogP contribution >= 0.6 is 0 Å². The van der Waals surface area contributed by atoms with E-state index in [2.05, 4.69) is 5.32 Å². The molecule has 0 amide bonds. The Bertz CT molecular complexity index is 400. The maximum Gasteiger partial charge on any atom is 0.330 e. The van der Waals surface area contributed by atoms with Crippen molar-refractivity contribution in [1.82, 2.24) is 5.32 Å². The molecule has 0 saturated carbocycles. The molecule has 4 heteroatoms. The van der Waals surface area contributed by atoms with E-state index in [0.717, 1.165) is 11.3 Å². The van der Waals surface area contributed by atoms with Crippen molar-refractivity contribution in [3.63, 3.8) is 0 Å². The third-order valence-electron chi connectivity index (χ3n) is 2.84. The number of hydrogen-bond acceptors (Lipinski definition) is 4. The number of carbonyl (C=O) groups is 1. The van der Waals surface area contributed by atoms with E-state index in [1.165, 1.54) is 7.11 Å². The second-order valence-corrected chi connectivity index (χ2v) is 4.64. The van der Waals surface area contributed by atoms with Crippen LogP contribution in [-0.4, -0.2) is 26.2 Å². The van der Waals surface area contributed by atoms with Crippen LogP contribution in [-0.2, 0) is 15.1 Å². The van der Waals surface area contributed by atoms with Crippen molar-refractivity contribution >= 4 is 5.97 Å². The van der Waals surface area contributed by atoms with Crippen LogP contribution in [0.5, 0.6) is 5.75 Å². The van der Waals surface area contributed by atoms with Gasteiger partial charge >= 0.3 is 5.97 Å². The molecule has 0 saturated heterocycles. The molecular weight excluding hydrogens is 230 g/mol. The number of nitrogens with one attached hydrogen (secondary N) is 1. The van der Waals surface area contributed by atoms with Gasteiger partial charge in [0.1, 0.15) is 11.3 Å². The summed E-state index contributed by atoms with van der Waals surface area (Å²) in [7, 11) is 3.01. The summed E-state index contributed by atoms with van der Waals surface area (Å²) in [6.45, 7) is 5.80. The molecule has 0 heterocycles. The van der Waals surface area contributed by atoms with Gasteiger partial charge < -0.3 is 9.47 Å². The zero-order chi connectivity index (χ0) is 13.8. The predicted octanol–water partition coefficient (Wildman–Crippen LogP) is 2.08. The van der Waals surface area contributed by atoms with E-state index in [1.807, 2.05) is 45.0 Å². The molecule has 0 aliphatic rings. The number of ether oxygens (including phenoxy) is 2. The Morgan fingerprint density at radius 3 is 2.17 bits per heavy atom. The van der Waals surface area contributed by atoms with Crippen LogP contribution in [0.15, 0.2) is 24.3 Å². The van der Waals surface area contributed by atoms with E-state index in [4.69, 9.17) is 9.47 Å². The summed E-state index contributed by atoms with van der Waals surface area (Å²) in [5, 5.41) is 3.25. The van der Waals surface area contributed by atoms with Crippen LogP contribution < -0.4 is 10.1 Å². The van der Waals surface area contributed by atoms with E-state index < -0.39 is 5.54 Å². The summed E-state index contributed by atoms with van der Waals surface area (Å²) in [6.07, 6.45) is 0. The minimum Gasteiger partial charge on any atom is -0.497 e. The van der Waals surface area contributed by atoms with Crippen molar-refractivity contribution in [3.8, 4) is 5.75 Å². The van der Waals surface area contributed by atoms with Crippen LogP contribution in [0.2, 0.25) is 0 Å². The fourth-order valence-corrected chi connectivity index (χ4v) is 1.97.